The molecule has 0 amide bonds. The normalized spacial score (nSPS) is 16.3. The molecule has 1 aromatic carbocycles. The van der Waals surface area contributed by atoms with Crippen molar-refractivity contribution >= 4 is 21.6 Å². The predicted octanol–water partition coefficient (Wildman–Crippen LogP) is 3.30. The summed E-state index contributed by atoms with van der Waals surface area (Å²) in [5.74, 6) is 0.769. The molecule has 1 heterocycles. The van der Waals surface area contributed by atoms with E-state index in [4.69, 9.17) is 9.47 Å². The van der Waals surface area contributed by atoms with Crippen LogP contribution in [0.25, 0.3) is 0 Å². The Bertz CT molecular complexity index is 446. The number of hydrogen-bond acceptors (Lipinski definition) is 4. The van der Waals surface area contributed by atoms with Crippen molar-refractivity contribution in [3.05, 3.63) is 33.9 Å². The first-order valence-corrected chi connectivity index (χ1v) is 7.36. The first-order valence-electron chi connectivity index (χ1n) is 6.24. The zero-order valence-electron chi connectivity index (χ0n) is 10.5. The summed E-state index contributed by atoms with van der Waals surface area (Å²) in [5.41, 5.74) is 0.897. The molecule has 6 heteroatoms. The maximum Gasteiger partial charge on any atom is 0.311 e. The maximum atomic E-state index is 11.0. The van der Waals surface area contributed by atoms with Gasteiger partial charge in [0.1, 0.15) is 0 Å². The van der Waals surface area contributed by atoms with Gasteiger partial charge in [-0.1, -0.05) is 22.0 Å². The molecule has 0 aromatic heterocycles. The van der Waals surface area contributed by atoms with E-state index >= 15 is 0 Å². The zero-order valence-corrected chi connectivity index (χ0v) is 12.1. The van der Waals surface area contributed by atoms with Gasteiger partial charge in [-0.25, -0.2) is 0 Å². The molecule has 19 heavy (non-hydrogen) atoms. The van der Waals surface area contributed by atoms with Gasteiger partial charge in [-0.05, 0) is 30.4 Å². The van der Waals surface area contributed by atoms with Gasteiger partial charge in [0.15, 0.2) is 5.75 Å². The molecule has 0 aliphatic carbocycles. The molecule has 1 aliphatic heterocycles. The van der Waals surface area contributed by atoms with Crippen LogP contribution in [0.1, 0.15) is 18.4 Å². The highest BCUT2D eigenvalue weighted by molar-refractivity contribution is 9.08. The molecule has 0 spiro atoms. The van der Waals surface area contributed by atoms with E-state index in [9.17, 15) is 10.1 Å². The summed E-state index contributed by atoms with van der Waals surface area (Å²) < 4.78 is 10.9. The van der Waals surface area contributed by atoms with Crippen molar-refractivity contribution < 1.29 is 14.4 Å². The van der Waals surface area contributed by atoms with Gasteiger partial charge in [0, 0.05) is 24.6 Å². The molecule has 0 unspecified atom stereocenters. The van der Waals surface area contributed by atoms with E-state index in [0.717, 1.165) is 31.6 Å². The molecule has 0 saturated carbocycles. The summed E-state index contributed by atoms with van der Waals surface area (Å²) in [6, 6.07) is 5.06. The van der Waals surface area contributed by atoms with Crippen LogP contribution in [0, 0.1) is 16.0 Å². The van der Waals surface area contributed by atoms with Crippen molar-refractivity contribution in [2.75, 3.05) is 19.8 Å². The number of nitrogens with zero attached hydrogens (tertiary/aromatic N) is 1. The number of halogens is 1. The molecule has 5 nitrogen and oxygen atoms in total. The van der Waals surface area contributed by atoms with Crippen LogP contribution in [0.3, 0.4) is 0 Å². The van der Waals surface area contributed by atoms with E-state index in [1.807, 2.05) is 6.07 Å². The molecule has 1 saturated heterocycles. The van der Waals surface area contributed by atoms with Crippen LogP contribution in [0.5, 0.6) is 5.75 Å². The largest absolute Gasteiger partial charge is 0.487 e. The first-order chi connectivity index (χ1) is 9.20. The van der Waals surface area contributed by atoms with E-state index in [2.05, 4.69) is 15.9 Å². The fourth-order valence-corrected chi connectivity index (χ4v) is 2.38. The van der Waals surface area contributed by atoms with Crippen molar-refractivity contribution in [2.45, 2.75) is 18.2 Å². The molecule has 1 aromatic rings. The van der Waals surface area contributed by atoms with Gasteiger partial charge < -0.3 is 9.47 Å². The molecular formula is C13H16BrNO4. The molecule has 0 bridgehead atoms. The Hall–Kier alpha value is -1.14. The number of hydrogen-bond donors (Lipinski definition) is 0. The van der Waals surface area contributed by atoms with Crippen LogP contribution < -0.4 is 4.74 Å². The van der Waals surface area contributed by atoms with Crippen LogP contribution in [0.15, 0.2) is 18.2 Å². The number of nitro groups is 1. The lowest BCUT2D eigenvalue weighted by Crippen LogP contribution is -2.21. The molecule has 104 valence electrons. The second-order valence-electron chi connectivity index (χ2n) is 4.56. The van der Waals surface area contributed by atoms with Crippen molar-refractivity contribution in [3.63, 3.8) is 0 Å². The topological polar surface area (TPSA) is 61.6 Å². The predicted molar refractivity (Wildman–Crippen MR) is 74.8 cm³/mol. The summed E-state index contributed by atoms with van der Waals surface area (Å²) in [6.07, 6.45) is 1.90. The van der Waals surface area contributed by atoms with Gasteiger partial charge in [0.2, 0.25) is 0 Å². The molecule has 0 N–H and O–H groups in total. The van der Waals surface area contributed by atoms with Crippen LogP contribution in [0.4, 0.5) is 5.69 Å². The Morgan fingerprint density at radius 3 is 2.79 bits per heavy atom. The summed E-state index contributed by atoms with van der Waals surface area (Å²) in [5, 5.41) is 11.6. The van der Waals surface area contributed by atoms with Crippen LogP contribution in [-0.4, -0.2) is 24.7 Å². The lowest BCUT2D eigenvalue weighted by molar-refractivity contribution is -0.386. The van der Waals surface area contributed by atoms with E-state index in [0.29, 0.717) is 23.6 Å². The summed E-state index contributed by atoms with van der Waals surface area (Å²) in [4.78, 5) is 10.6. The van der Waals surface area contributed by atoms with Crippen molar-refractivity contribution in [2.24, 2.45) is 5.92 Å². The van der Waals surface area contributed by atoms with Gasteiger partial charge >= 0.3 is 5.69 Å². The fraction of sp³-hybridized carbons (Fsp3) is 0.538. The Morgan fingerprint density at radius 2 is 2.16 bits per heavy atom. The third-order valence-electron chi connectivity index (χ3n) is 3.19. The third-order valence-corrected chi connectivity index (χ3v) is 3.84. The first kappa shape index (κ1) is 14.3. The highest BCUT2D eigenvalue weighted by Crippen LogP contribution is 2.29. The Morgan fingerprint density at radius 1 is 1.42 bits per heavy atom. The Labute approximate surface area is 120 Å². The quantitative estimate of drug-likeness (QED) is 0.472. The minimum atomic E-state index is -0.397. The summed E-state index contributed by atoms with van der Waals surface area (Å²) >= 11 is 3.29. The molecule has 2 rings (SSSR count). The molecule has 1 fully saturated rings. The maximum absolute atomic E-state index is 11.0. The molecule has 1 aliphatic rings. The van der Waals surface area contributed by atoms with Gasteiger partial charge in [-0.3, -0.25) is 10.1 Å². The molecule has 0 atom stereocenters. The summed E-state index contributed by atoms with van der Waals surface area (Å²) in [7, 11) is 0. The van der Waals surface area contributed by atoms with Crippen LogP contribution in [0.2, 0.25) is 0 Å². The smallest absolute Gasteiger partial charge is 0.311 e. The van der Waals surface area contributed by atoms with Gasteiger partial charge in [0.25, 0.3) is 0 Å². The van der Waals surface area contributed by atoms with Crippen molar-refractivity contribution in [1.82, 2.24) is 0 Å². The Balaban J connectivity index is 2.04. The average Bonchev–Trinajstić information content (AvgIpc) is 2.46. The van der Waals surface area contributed by atoms with E-state index in [1.54, 1.807) is 12.1 Å². The van der Waals surface area contributed by atoms with Gasteiger partial charge in [-0.2, -0.15) is 0 Å². The minimum Gasteiger partial charge on any atom is -0.487 e. The molecular weight excluding hydrogens is 314 g/mol. The van der Waals surface area contributed by atoms with Crippen LogP contribution >= 0.6 is 15.9 Å². The molecule has 0 radical (unpaired) electrons. The number of ether oxygens (including phenoxy) is 2. The SMILES string of the molecule is O=[N+]([O-])c1cc(CBr)ccc1OCC1CCOCC1. The number of rotatable bonds is 5. The number of nitro benzene ring substituents is 1. The fourth-order valence-electron chi connectivity index (χ4n) is 2.03. The van der Waals surface area contributed by atoms with E-state index in [-0.39, 0.29) is 5.69 Å². The zero-order chi connectivity index (χ0) is 13.7. The standard InChI is InChI=1S/C13H16BrNO4/c14-8-11-1-2-13(12(7-11)15(16)17)19-9-10-3-5-18-6-4-10/h1-2,7,10H,3-6,8-9H2. The highest BCUT2D eigenvalue weighted by atomic mass is 79.9. The monoisotopic (exact) mass is 329 g/mol. The van der Waals surface area contributed by atoms with Gasteiger partial charge in [-0.15, -0.1) is 0 Å². The average molecular weight is 330 g/mol. The minimum absolute atomic E-state index is 0.0315. The number of alkyl halides is 1. The lowest BCUT2D eigenvalue weighted by Gasteiger charge is -2.22. The van der Waals surface area contributed by atoms with Crippen LogP contribution in [-0.2, 0) is 10.1 Å². The summed E-state index contributed by atoms with van der Waals surface area (Å²) in [6.45, 7) is 2.01. The third kappa shape index (κ3) is 3.91. The lowest BCUT2D eigenvalue weighted by atomic mass is 10.0. The number of benzene rings is 1. The Kier molecular flexibility index (Phi) is 5.15. The second kappa shape index (κ2) is 6.86. The van der Waals surface area contributed by atoms with Crippen molar-refractivity contribution in [1.29, 1.82) is 0 Å². The van der Waals surface area contributed by atoms with Gasteiger partial charge in [0.05, 0.1) is 11.5 Å². The highest BCUT2D eigenvalue weighted by Gasteiger charge is 2.19. The van der Waals surface area contributed by atoms with E-state index < -0.39 is 4.92 Å². The second-order valence-corrected chi connectivity index (χ2v) is 5.12. The van der Waals surface area contributed by atoms with Crippen molar-refractivity contribution in [3.8, 4) is 5.75 Å². The van der Waals surface area contributed by atoms with E-state index in [1.165, 1.54) is 0 Å².